The van der Waals surface area contributed by atoms with Gasteiger partial charge in [-0.3, -0.25) is 4.98 Å². The summed E-state index contributed by atoms with van der Waals surface area (Å²) in [4.78, 5) is 21.5. The minimum absolute atomic E-state index is 0.357. The van der Waals surface area contributed by atoms with E-state index in [1.807, 2.05) is 23.7 Å². The molecule has 0 amide bonds. The number of methoxy groups -OCH3 is 1. The second kappa shape index (κ2) is 10.6. The van der Waals surface area contributed by atoms with Gasteiger partial charge in [0.15, 0.2) is 0 Å². The lowest BCUT2D eigenvalue weighted by Crippen LogP contribution is -2.16. The summed E-state index contributed by atoms with van der Waals surface area (Å²) < 4.78 is 16.5. The molecule has 0 bridgehead atoms. The molecule has 6 rings (SSSR count). The number of halogens is 1. The first kappa shape index (κ1) is 25.9. The first-order valence-corrected chi connectivity index (χ1v) is 14.4. The Morgan fingerprint density at radius 2 is 2.00 bits per heavy atom. The third kappa shape index (κ3) is 5.52. The smallest absolute Gasteiger partial charge is 0.337 e. The van der Waals surface area contributed by atoms with Crippen LogP contribution in [-0.2, 0) is 11.3 Å². The van der Waals surface area contributed by atoms with E-state index in [0.717, 1.165) is 70.8 Å². The summed E-state index contributed by atoms with van der Waals surface area (Å²) in [7, 11) is 1.38. The van der Waals surface area contributed by atoms with Crippen molar-refractivity contribution in [2.75, 3.05) is 19.5 Å². The summed E-state index contributed by atoms with van der Waals surface area (Å²) in [6.07, 6.45) is 8.48. The summed E-state index contributed by atoms with van der Waals surface area (Å²) in [6.45, 7) is 3.32. The molecule has 0 radical (unpaired) electrons. The Morgan fingerprint density at radius 1 is 1.18 bits per heavy atom. The van der Waals surface area contributed by atoms with Gasteiger partial charge in [0.05, 0.1) is 53.8 Å². The Bertz CT molecular complexity index is 1520. The van der Waals surface area contributed by atoms with Gasteiger partial charge in [-0.05, 0) is 87.6 Å². The number of nitrogens with zero attached hydrogens (tertiary/aromatic N) is 5. The maximum atomic E-state index is 12.2. The number of anilines is 1. The van der Waals surface area contributed by atoms with Crippen LogP contribution < -0.4 is 10.5 Å². The molecular weight excluding hydrogens is 560 g/mol. The monoisotopic (exact) mass is 592 g/mol. The summed E-state index contributed by atoms with van der Waals surface area (Å²) in [5, 5.41) is 4.63. The van der Waals surface area contributed by atoms with Gasteiger partial charge in [-0.25, -0.2) is 14.5 Å². The molecule has 2 aliphatic carbocycles. The molecule has 0 saturated heterocycles. The number of pyridine rings is 1. The molecule has 3 aromatic heterocycles. The number of nitrogens with two attached hydrogens (primary N) is 1. The van der Waals surface area contributed by atoms with Crippen molar-refractivity contribution < 1.29 is 14.3 Å². The highest BCUT2D eigenvalue weighted by Crippen LogP contribution is 2.42. The number of fused-ring (bicyclic) bond motifs is 1. The van der Waals surface area contributed by atoms with Gasteiger partial charge < -0.3 is 19.8 Å². The first-order chi connectivity index (χ1) is 18.9. The quantitative estimate of drug-likeness (QED) is 0.169. The Balaban J connectivity index is 1.16. The fraction of sp³-hybridized carbons (Fsp3) is 0.448. The number of hydrogen-bond acceptors (Lipinski definition) is 7. The molecule has 3 heterocycles. The number of aryl methyl sites for hydroxylation is 1. The topological polar surface area (TPSA) is 110 Å². The van der Waals surface area contributed by atoms with E-state index in [4.69, 9.17) is 15.2 Å². The molecule has 2 saturated carbocycles. The molecule has 0 aliphatic heterocycles. The van der Waals surface area contributed by atoms with Crippen LogP contribution >= 0.6 is 15.9 Å². The van der Waals surface area contributed by atoms with Crippen molar-refractivity contribution in [3.8, 4) is 17.1 Å². The third-order valence-electron chi connectivity index (χ3n) is 7.70. The van der Waals surface area contributed by atoms with Crippen molar-refractivity contribution in [1.82, 2.24) is 24.3 Å². The van der Waals surface area contributed by atoms with Crippen LogP contribution in [0.3, 0.4) is 0 Å². The lowest BCUT2D eigenvalue weighted by molar-refractivity contribution is 0.0600. The van der Waals surface area contributed by atoms with Gasteiger partial charge in [-0.1, -0.05) is 15.9 Å². The summed E-state index contributed by atoms with van der Waals surface area (Å²) in [6, 6.07) is 9.98. The number of carbonyl (C=O) groups is 1. The van der Waals surface area contributed by atoms with Gasteiger partial charge in [0, 0.05) is 16.7 Å². The highest BCUT2D eigenvalue weighted by atomic mass is 79.9. The van der Waals surface area contributed by atoms with Crippen molar-refractivity contribution in [1.29, 1.82) is 0 Å². The van der Waals surface area contributed by atoms with Gasteiger partial charge >= 0.3 is 5.97 Å². The van der Waals surface area contributed by atoms with Crippen molar-refractivity contribution in [3.63, 3.8) is 0 Å². The molecule has 1 aromatic carbocycles. The normalized spacial score (nSPS) is 16.0. The van der Waals surface area contributed by atoms with Crippen LogP contribution in [0, 0.1) is 18.8 Å². The average Bonchev–Trinajstić information content (AvgIpc) is 3.86. The number of ether oxygens (including phenoxy) is 2. The number of rotatable bonds is 11. The molecular formula is C29H33BrN6O3. The van der Waals surface area contributed by atoms with Crippen LogP contribution in [0.25, 0.3) is 22.3 Å². The number of esters is 1. The number of aromatic nitrogens is 5. The minimum Gasteiger partial charge on any atom is -0.477 e. The van der Waals surface area contributed by atoms with Crippen LogP contribution in [0.4, 0.5) is 5.95 Å². The lowest BCUT2D eigenvalue weighted by Gasteiger charge is -2.19. The zero-order valence-corrected chi connectivity index (χ0v) is 23.9. The SMILES string of the molecule is COC(=O)c1cc(C)nc(-c2cnn(C3CC3)c2OCCC[C@H](Cn2c(N)nc3cc(Br)ccc32)C2CC2)c1. The Kier molecular flexibility index (Phi) is 7.05. The van der Waals surface area contributed by atoms with Crippen LogP contribution in [-0.4, -0.2) is 44.0 Å². The molecule has 39 heavy (non-hydrogen) atoms. The summed E-state index contributed by atoms with van der Waals surface area (Å²) >= 11 is 3.53. The maximum Gasteiger partial charge on any atom is 0.337 e. The second-order valence-electron chi connectivity index (χ2n) is 10.7. The fourth-order valence-corrected chi connectivity index (χ4v) is 5.75. The second-order valence-corrected chi connectivity index (χ2v) is 11.6. The largest absolute Gasteiger partial charge is 0.477 e. The molecule has 204 valence electrons. The van der Waals surface area contributed by atoms with E-state index < -0.39 is 0 Å². The predicted octanol–water partition coefficient (Wildman–Crippen LogP) is 5.95. The number of imidazole rings is 1. The molecule has 2 aliphatic rings. The molecule has 0 unspecified atom stereocenters. The molecule has 4 aromatic rings. The van der Waals surface area contributed by atoms with Crippen LogP contribution in [0.2, 0.25) is 0 Å². The number of hydrogen-bond donors (Lipinski definition) is 1. The zero-order chi connectivity index (χ0) is 27.1. The highest BCUT2D eigenvalue weighted by molar-refractivity contribution is 9.10. The van der Waals surface area contributed by atoms with Gasteiger partial charge in [0.2, 0.25) is 11.8 Å². The van der Waals surface area contributed by atoms with Gasteiger partial charge in [-0.15, -0.1) is 0 Å². The lowest BCUT2D eigenvalue weighted by atomic mass is 9.97. The molecule has 0 spiro atoms. The fourth-order valence-electron chi connectivity index (χ4n) is 5.40. The molecule has 1 atom stereocenters. The minimum atomic E-state index is -0.385. The Morgan fingerprint density at radius 3 is 2.74 bits per heavy atom. The zero-order valence-electron chi connectivity index (χ0n) is 22.3. The molecule has 10 heteroatoms. The Labute approximate surface area is 235 Å². The first-order valence-electron chi connectivity index (χ1n) is 13.6. The number of carbonyl (C=O) groups excluding carboxylic acids is 1. The van der Waals surface area contributed by atoms with Crippen molar-refractivity contribution in [2.45, 2.75) is 58.0 Å². The van der Waals surface area contributed by atoms with Gasteiger partial charge in [0.1, 0.15) is 0 Å². The van der Waals surface area contributed by atoms with E-state index in [1.165, 1.54) is 20.0 Å². The number of benzene rings is 1. The van der Waals surface area contributed by atoms with E-state index in [-0.39, 0.29) is 5.97 Å². The van der Waals surface area contributed by atoms with Gasteiger partial charge in [-0.2, -0.15) is 5.10 Å². The molecule has 2 fully saturated rings. The average molecular weight is 594 g/mol. The van der Waals surface area contributed by atoms with E-state index in [0.29, 0.717) is 35.8 Å². The summed E-state index contributed by atoms with van der Waals surface area (Å²) in [5.74, 6) is 2.15. The van der Waals surface area contributed by atoms with Crippen molar-refractivity contribution >= 4 is 38.9 Å². The van der Waals surface area contributed by atoms with Crippen LogP contribution in [0.15, 0.2) is 41.0 Å². The van der Waals surface area contributed by atoms with Crippen LogP contribution in [0.5, 0.6) is 5.88 Å². The van der Waals surface area contributed by atoms with E-state index in [9.17, 15) is 4.79 Å². The predicted molar refractivity (Wildman–Crippen MR) is 153 cm³/mol. The number of nitrogen functional groups attached to an aromatic ring is 1. The molecule has 9 nitrogen and oxygen atoms in total. The van der Waals surface area contributed by atoms with Crippen LogP contribution in [0.1, 0.15) is 60.6 Å². The third-order valence-corrected chi connectivity index (χ3v) is 8.19. The Hall–Kier alpha value is -3.40. The van der Waals surface area contributed by atoms with E-state index >= 15 is 0 Å². The van der Waals surface area contributed by atoms with E-state index in [1.54, 1.807) is 18.3 Å². The highest BCUT2D eigenvalue weighted by Gasteiger charge is 2.32. The van der Waals surface area contributed by atoms with Crippen molar-refractivity contribution in [2.24, 2.45) is 11.8 Å². The van der Waals surface area contributed by atoms with E-state index in [2.05, 4.69) is 41.6 Å². The van der Waals surface area contributed by atoms with Gasteiger partial charge in [0.25, 0.3) is 0 Å². The summed E-state index contributed by atoms with van der Waals surface area (Å²) in [5.41, 5.74) is 11.0. The molecule has 2 N–H and O–H groups in total. The maximum absolute atomic E-state index is 12.2. The van der Waals surface area contributed by atoms with Crippen molar-refractivity contribution in [3.05, 3.63) is 52.3 Å². The standard InChI is InChI=1S/C29H33BrN6O3/c1-17-12-20(28(37)38-2)13-24(33-17)23-15-32-36(22-8-9-22)27(23)39-11-3-4-19(18-5-6-18)16-35-26-10-7-21(30)14-25(26)34-29(35)31/h7,10,12-15,18-19,22H,3-6,8-9,11,16H2,1-2H3,(H2,31,34)/t19-/m1/s1.